The largest absolute Gasteiger partial charge is 0.480 e. The normalized spacial score (nSPS) is 15.8. The molecule has 148 valence electrons. The molecule has 0 aromatic heterocycles. The van der Waals surface area contributed by atoms with Crippen molar-refractivity contribution in [3.63, 3.8) is 0 Å². The van der Waals surface area contributed by atoms with Crippen LogP contribution in [0.15, 0.2) is 30.3 Å². The third-order valence-corrected chi connectivity index (χ3v) is 4.10. The Bertz CT molecular complexity index is 664. The van der Waals surface area contributed by atoms with Gasteiger partial charge in [0.2, 0.25) is 0 Å². The van der Waals surface area contributed by atoms with Crippen LogP contribution in [0.25, 0.3) is 0 Å². The van der Waals surface area contributed by atoms with Gasteiger partial charge in [-0.3, -0.25) is 0 Å². The Morgan fingerprint density at radius 2 is 1.63 bits per heavy atom. The Morgan fingerprint density at radius 3 is 2.15 bits per heavy atom. The van der Waals surface area contributed by atoms with Gasteiger partial charge in [0.1, 0.15) is 11.6 Å². The maximum atomic E-state index is 12.4. The molecule has 3 amide bonds. The van der Waals surface area contributed by atoms with Crippen LogP contribution in [0.5, 0.6) is 0 Å². The van der Waals surface area contributed by atoms with E-state index in [2.05, 4.69) is 5.32 Å². The molecule has 2 rings (SSSR count). The number of amides is 3. The monoisotopic (exact) mass is 377 g/mol. The molecule has 1 aliphatic rings. The molecular formula is C19H27N3O5. The lowest BCUT2D eigenvalue weighted by molar-refractivity contribution is -0.139. The van der Waals surface area contributed by atoms with Gasteiger partial charge in [-0.1, -0.05) is 30.3 Å². The molecule has 1 aromatic carbocycles. The standard InChI is InChI=1S/C19H27N3O5/c1-19(2,3)27-18(26)22-11-9-21(10-12-22)17(25)20-15(16(23)24)13-14-7-5-4-6-8-14/h4-8,15H,9-13H2,1-3H3,(H,20,25)(H,23,24). The highest BCUT2D eigenvalue weighted by molar-refractivity contribution is 5.83. The zero-order valence-electron chi connectivity index (χ0n) is 16.0. The van der Waals surface area contributed by atoms with Crippen molar-refractivity contribution >= 4 is 18.1 Å². The number of aliphatic carboxylic acids is 1. The Balaban J connectivity index is 1.87. The highest BCUT2D eigenvalue weighted by Gasteiger charge is 2.29. The first kappa shape index (κ1) is 20.5. The van der Waals surface area contributed by atoms with Gasteiger partial charge in [0.05, 0.1) is 0 Å². The van der Waals surface area contributed by atoms with E-state index in [0.717, 1.165) is 5.56 Å². The average molecular weight is 377 g/mol. The van der Waals surface area contributed by atoms with Crippen LogP contribution in [0, 0.1) is 0 Å². The number of rotatable bonds is 4. The van der Waals surface area contributed by atoms with E-state index in [0.29, 0.717) is 26.2 Å². The van der Waals surface area contributed by atoms with Crippen LogP contribution >= 0.6 is 0 Å². The number of carbonyl (C=O) groups excluding carboxylic acids is 2. The Kier molecular flexibility index (Phi) is 6.65. The highest BCUT2D eigenvalue weighted by atomic mass is 16.6. The van der Waals surface area contributed by atoms with Gasteiger partial charge in [-0.25, -0.2) is 14.4 Å². The van der Waals surface area contributed by atoms with Crippen molar-refractivity contribution in [3.8, 4) is 0 Å². The minimum atomic E-state index is -1.08. The van der Waals surface area contributed by atoms with Crippen LogP contribution < -0.4 is 5.32 Å². The summed E-state index contributed by atoms with van der Waals surface area (Å²) in [4.78, 5) is 39.1. The Morgan fingerprint density at radius 1 is 1.07 bits per heavy atom. The van der Waals surface area contributed by atoms with E-state index in [1.807, 2.05) is 30.3 Å². The van der Waals surface area contributed by atoms with Crippen LogP contribution in [0.2, 0.25) is 0 Å². The number of piperazine rings is 1. The molecule has 1 unspecified atom stereocenters. The number of hydrogen-bond acceptors (Lipinski definition) is 4. The highest BCUT2D eigenvalue weighted by Crippen LogP contribution is 2.12. The van der Waals surface area contributed by atoms with Gasteiger partial charge in [0.15, 0.2) is 0 Å². The maximum absolute atomic E-state index is 12.4. The summed E-state index contributed by atoms with van der Waals surface area (Å²) in [5.41, 5.74) is 0.262. The summed E-state index contributed by atoms with van der Waals surface area (Å²) < 4.78 is 5.33. The fourth-order valence-corrected chi connectivity index (χ4v) is 2.71. The Labute approximate surface area is 159 Å². The van der Waals surface area contributed by atoms with Crippen LogP contribution in [0.1, 0.15) is 26.3 Å². The molecule has 2 N–H and O–H groups in total. The molecule has 0 spiro atoms. The van der Waals surface area contributed by atoms with Gasteiger partial charge in [-0.15, -0.1) is 0 Å². The summed E-state index contributed by atoms with van der Waals surface area (Å²) in [6, 6.07) is 7.69. The van der Waals surface area contributed by atoms with Crippen molar-refractivity contribution in [1.29, 1.82) is 0 Å². The van der Waals surface area contributed by atoms with Gasteiger partial charge in [0.25, 0.3) is 0 Å². The van der Waals surface area contributed by atoms with Gasteiger partial charge >= 0.3 is 18.1 Å². The van der Waals surface area contributed by atoms with E-state index in [1.165, 1.54) is 4.90 Å². The summed E-state index contributed by atoms with van der Waals surface area (Å²) in [7, 11) is 0. The molecule has 1 saturated heterocycles. The fourth-order valence-electron chi connectivity index (χ4n) is 2.71. The van der Waals surface area contributed by atoms with Crippen LogP contribution in [-0.4, -0.2) is 70.8 Å². The molecule has 8 nitrogen and oxygen atoms in total. The van der Waals surface area contributed by atoms with Crippen LogP contribution in [0.3, 0.4) is 0 Å². The van der Waals surface area contributed by atoms with Crippen LogP contribution in [0.4, 0.5) is 9.59 Å². The van der Waals surface area contributed by atoms with Gasteiger partial charge < -0.3 is 25.0 Å². The van der Waals surface area contributed by atoms with Gasteiger partial charge in [0, 0.05) is 32.6 Å². The lowest BCUT2D eigenvalue weighted by Gasteiger charge is -2.36. The molecule has 27 heavy (non-hydrogen) atoms. The summed E-state index contributed by atoms with van der Waals surface area (Å²) in [6.45, 7) is 6.73. The summed E-state index contributed by atoms with van der Waals surface area (Å²) >= 11 is 0. The maximum Gasteiger partial charge on any atom is 0.410 e. The number of carboxylic acids is 1. The second-order valence-electron chi connectivity index (χ2n) is 7.48. The molecule has 1 atom stereocenters. The lowest BCUT2D eigenvalue weighted by atomic mass is 10.1. The second kappa shape index (κ2) is 8.75. The minimum Gasteiger partial charge on any atom is -0.480 e. The van der Waals surface area contributed by atoms with Gasteiger partial charge in [-0.2, -0.15) is 0 Å². The molecule has 0 saturated carbocycles. The number of carbonyl (C=O) groups is 3. The molecular weight excluding hydrogens is 350 g/mol. The van der Waals surface area contributed by atoms with Crippen molar-refractivity contribution in [2.24, 2.45) is 0 Å². The average Bonchev–Trinajstić information content (AvgIpc) is 2.60. The van der Waals surface area contributed by atoms with Crippen molar-refractivity contribution in [2.45, 2.75) is 38.8 Å². The second-order valence-corrected chi connectivity index (χ2v) is 7.48. The fraction of sp³-hybridized carbons (Fsp3) is 0.526. The zero-order chi connectivity index (χ0) is 20.0. The number of nitrogens with zero attached hydrogens (tertiary/aromatic N) is 2. The van der Waals surface area contributed by atoms with E-state index in [9.17, 15) is 19.5 Å². The molecule has 8 heteroatoms. The minimum absolute atomic E-state index is 0.208. The van der Waals surface area contributed by atoms with Crippen molar-refractivity contribution in [2.75, 3.05) is 26.2 Å². The van der Waals surface area contributed by atoms with E-state index in [4.69, 9.17) is 4.74 Å². The first-order chi connectivity index (χ1) is 12.7. The van der Waals surface area contributed by atoms with Crippen LogP contribution in [-0.2, 0) is 16.0 Å². The summed E-state index contributed by atoms with van der Waals surface area (Å²) in [6.07, 6.45) is -0.199. The molecule has 1 aromatic rings. The zero-order valence-corrected chi connectivity index (χ0v) is 16.0. The predicted octanol–water partition coefficient (Wildman–Crippen LogP) is 1.94. The molecule has 1 aliphatic heterocycles. The summed E-state index contributed by atoms with van der Waals surface area (Å²) in [5, 5.41) is 12.0. The number of carboxylic acid groups (broad SMARTS) is 1. The quantitative estimate of drug-likeness (QED) is 0.835. The molecule has 0 aliphatic carbocycles. The molecule has 0 bridgehead atoms. The third-order valence-electron chi connectivity index (χ3n) is 4.10. The van der Waals surface area contributed by atoms with E-state index < -0.39 is 29.7 Å². The third kappa shape index (κ3) is 6.47. The van der Waals surface area contributed by atoms with Crippen molar-refractivity contribution < 1.29 is 24.2 Å². The SMILES string of the molecule is CC(C)(C)OC(=O)N1CCN(C(=O)NC(Cc2ccccc2)C(=O)O)CC1. The number of hydrogen-bond donors (Lipinski definition) is 2. The lowest BCUT2D eigenvalue weighted by Crippen LogP contribution is -2.56. The summed E-state index contributed by atoms with van der Waals surface area (Å²) in [5.74, 6) is -1.08. The topological polar surface area (TPSA) is 99.2 Å². The smallest absolute Gasteiger partial charge is 0.410 e. The van der Waals surface area contributed by atoms with Crippen molar-refractivity contribution in [1.82, 2.24) is 15.1 Å². The first-order valence-electron chi connectivity index (χ1n) is 8.96. The number of benzene rings is 1. The number of ether oxygens (including phenoxy) is 1. The number of nitrogens with one attached hydrogen (secondary N) is 1. The predicted molar refractivity (Wildman–Crippen MR) is 99.5 cm³/mol. The van der Waals surface area contributed by atoms with E-state index >= 15 is 0 Å². The molecule has 0 radical (unpaired) electrons. The van der Waals surface area contributed by atoms with Crippen molar-refractivity contribution in [3.05, 3.63) is 35.9 Å². The molecule has 1 fully saturated rings. The number of urea groups is 1. The van der Waals surface area contributed by atoms with Gasteiger partial charge in [-0.05, 0) is 26.3 Å². The van der Waals surface area contributed by atoms with E-state index in [-0.39, 0.29) is 6.42 Å². The first-order valence-corrected chi connectivity index (χ1v) is 8.96. The molecule has 1 heterocycles. The van der Waals surface area contributed by atoms with E-state index in [1.54, 1.807) is 25.7 Å². The Hall–Kier alpha value is -2.77.